The zero-order valence-corrected chi connectivity index (χ0v) is 13.8. The number of nitrogens with one attached hydrogen (secondary N) is 1. The second-order valence-corrected chi connectivity index (χ2v) is 6.58. The third-order valence-corrected chi connectivity index (χ3v) is 4.85. The minimum atomic E-state index is 0.0717. The fraction of sp³-hybridized carbons (Fsp3) is 0.562. The molecule has 4 nitrogen and oxygen atoms in total. The Morgan fingerprint density at radius 2 is 2.29 bits per heavy atom. The summed E-state index contributed by atoms with van der Waals surface area (Å²) >= 11 is 3.59. The highest BCUT2D eigenvalue weighted by atomic mass is 79.9. The van der Waals surface area contributed by atoms with Crippen LogP contribution in [0.4, 0.5) is 5.69 Å². The standard InChI is InChI=1S/C16H21BrN2O2/c1-2-21-15-9-12(15)16(20)18-11-7-8-19(10-11)14-6-4-3-5-13(14)17/h3-6,11-12,15H,2,7-10H2,1H3,(H,18,20)/t11-,12+,15-/m1/s1. The number of anilines is 1. The summed E-state index contributed by atoms with van der Waals surface area (Å²) in [7, 11) is 0. The summed E-state index contributed by atoms with van der Waals surface area (Å²) in [6.07, 6.45) is 2.02. The third-order valence-electron chi connectivity index (χ3n) is 4.18. The summed E-state index contributed by atoms with van der Waals surface area (Å²) in [5.74, 6) is 0.231. The van der Waals surface area contributed by atoms with Crippen molar-refractivity contribution in [3.63, 3.8) is 0 Å². The number of benzene rings is 1. The number of nitrogens with zero attached hydrogens (tertiary/aromatic N) is 1. The SMILES string of the molecule is CCO[C@@H]1C[C@@H]1C(=O)N[C@@H]1CCN(c2ccccc2Br)C1. The molecular weight excluding hydrogens is 332 g/mol. The molecule has 21 heavy (non-hydrogen) atoms. The Morgan fingerprint density at radius 3 is 3.05 bits per heavy atom. The number of rotatable bonds is 5. The van der Waals surface area contributed by atoms with Crippen LogP contribution in [-0.2, 0) is 9.53 Å². The molecule has 2 fully saturated rings. The molecule has 1 aliphatic heterocycles. The molecule has 1 aromatic rings. The molecule has 114 valence electrons. The first kappa shape index (κ1) is 14.9. The maximum absolute atomic E-state index is 12.1. The van der Waals surface area contributed by atoms with Gasteiger partial charge in [0, 0.05) is 30.2 Å². The number of carbonyl (C=O) groups excluding carboxylic acids is 1. The lowest BCUT2D eigenvalue weighted by Crippen LogP contribution is -2.38. The van der Waals surface area contributed by atoms with Crippen LogP contribution in [-0.4, -0.2) is 37.7 Å². The van der Waals surface area contributed by atoms with Crippen molar-refractivity contribution < 1.29 is 9.53 Å². The zero-order valence-electron chi connectivity index (χ0n) is 12.2. The highest BCUT2D eigenvalue weighted by molar-refractivity contribution is 9.10. The van der Waals surface area contributed by atoms with Gasteiger partial charge in [0.25, 0.3) is 0 Å². The van der Waals surface area contributed by atoms with Gasteiger partial charge in [-0.3, -0.25) is 4.79 Å². The Bertz CT molecular complexity index is 523. The Morgan fingerprint density at radius 1 is 1.48 bits per heavy atom. The smallest absolute Gasteiger partial charge is 0.226 e. The molecule has 3 atom stereocenters. The summed E-state index contributed by atoms with van der Waals surface area (Å²) < 4.78 is 6.59. The van der Waals surface area contributed by atoms with E-state index in [1.54, 1.807) is 0 Å². The third kappa shape index (κ3) is 3.40. The van der Waals surface area contributed by atoms with Crippen molar-refractivity contribution in [3.8, 4) is 0 Å². The second-order valence-electron chi connectivity index (χ2n) is 5.73. The molecule has 0 unspecified atom stereocenters. The van der Waals surface area contributed by atoms with Gasteiger partial charge in [0.15, 0.2) is 0 Å². The number of ether oxygens (including phenoxy) is 1. The van der Waals surface area contributed by atoms with Crippen LogP contribution in [0.1, 0.15) is 19.8 Å². The first-order chi connectivity index (χ1) is 10.2. The predicted octanol–water partition coefficient (Wildman–Crippen LogP) is 2.57. The van der Waals surface area contributed by atoms with E-state index in [4.69, 9.17) is 4.74 Å². The molecule has 1 heterocycles. The van der Waals surface area contributed by atoms with E-state index in [1.807, 2.05) is 19.1 Å². The molecule has 1 aromatic carbocycles. The van der Waals surface area contributed by atoms with Crippen LogP contribution in [0.15, 0.2) is 28.7 Å². The van der Waals surface area contributed by atoms with E-state index in [1.165, 1.54) is 5.69 Å². The molecule has 1 saturated carbocycles. The van der Waals surface area contributed by atoms with Crippen molar-refractivity contribution >= 4 is 27.5 Å². The van der Waals surface area contributed by atoms with Gasteiger partial charge in [-0.15, -0.1) is 0 Å². The topological polar surface area (TPSA) is 41.6 Å². The highest BCUT2D eigenvalue weighted by Gasteiger charge is 2.44. The first-order valence-electron chi connectivity index (χ1n) is 7.60. The van der Waals surface area contributed by atoms with Gasteiger partial charge < -0.3 is 15.0 Å². The Kier molecular flexibility index (Phi) is 4.50. The fourth-order valence-electron chi connectivity index (χ4n) is 2.96. The molecule has 5 heteroatoms. The largest absolute Gasteiger partial charge is 0.378 e. The van der Waals surface area contributed by atoms with Gasteiger partial charge in [-0.2, -0.15) is 0 Å². The van der Waals surface area contributed by atoms with Crippen LogP contribution in [0.3, 0.4) is 0 Å². The zero-order chi connectivity index (χ0) is 14.8. The van der Waals surface area contributed by atoms with Gasteiger partial charge in [0.1, 0.15) is 0 Å². The molecule has 1 N–H and O–H groups in total. The monoisotopic (exact) mass is 352 g/mol. The molecule has 0 bridgehead atoms. The maximum Gasteiger partial charge on any atom is 0.226 e. The Balaban J connectivity index is 1.51. The number of halogens is 1. The van der Waals surface area contributed by atoms with Gasteiger partial charge in [0.2, 0.25) is 5.91 Å². The molecule has 1 amide bonds. The van der Waals surface area contributed by atoms with Gasteiger partial charge in [-0.25, -0.2) is 0 Å². The summed E-state index contributed by atoms with van der Waals surface area (Å²) in [5.41, 5.74) is 1.20. The minimum absolute atomic E-state index is 0.0717. The highest BCUT2D eigenvalue weighted by Crippen LogP contribution is 2.34. The van der Waals surface area contributed by atoms with Crippen LogP contribution in [0, 0.1) is 5.92 Å². The van der Waals surface area contributed by atoms with Crippen molar-refractivity contribution in [2.45, 2.75) is 31.9 Å². The molecule has 0 spiro atoms. The molecule has 0 aromatic heterocycles. The quantitative estimate of drug-likeness (QED) is 0.885. The van der Waals surface area contributed by atoms with E-state index in [-0.39, 0.29) is 24.0 Å². The first-order valence-corrected chi connectivity index (χ1v) is 8.39. The lowest BCUT2D eigenvalue weighted by molar-refractivity contribution is -0.123. The average molecular weight is 353 g/mol. The fourth-order valence-corrected chi connectivity index (χ4v) is 3.49. The average Bonchev–Trinajstić information content (AvgIpc) is 3.09. The molecule has 1 saturated heterocycles. The van der Waals surface area contributed by atoms with Crippen molar-refractivity contribution in [1.29, 1.82) is 0 Å². The van der Waals surface area contributed by atoms with Crippen molar-refractivity contribution in [2.75, 3.05) is 24.6 Å². The van der Waals surface area contributed by atoms with Crippen molar-refractivity contribution in [3.05, 3.63) is 28.7 Å². The normalized spacial score (nSPS) is 27.7. The Labute approximate surface area is 134 Å². The summed E-state index contributed by atoms with van der Waals surface area (Å²) in [6, 6.07) is 8.47. The lowest BCUT2D eigenvalue weighted by atomic mass is 10.2. The van der Waals surface area contributed by atoms with E-state index in [0.29, 0.717) is 6.61 Å². The maximum atomic E-state index is 12.1. The van der Waals surface area contributed by atoms with Gasteiger partial charge in [-0.1, -0.05) is 12.1 Å². The van der Waals surface area contributed by atoms with E-state index in [9.17, 15) is 4.79 Å². The predicted molar refractivity (Wildman–Crippen MR) is 86.4 cm³/mol. The van der Waals surface area contributed by atoms with Crippen molar-refractivity contribution in [2.24, 2.45) is 5.92 Å². The van der Waals surface area contributed by atoms with E-state index in [2.05, 4.69) is 38.3 Å². The van der Waals surface area contributed by atoms with Crippen LogP contribution in [0.5, 0.6) is 0 Å². The van der Waals surface area contributed by atoms with Crippen LogP contribution >= 0.6 is 15.9 Å². The molecule has 0 radical (unpaired) electrons. The van der Waals surface area contributed by atoms with Crippen LogP contribution in [0.25, 0.3) is 0 Å². The van der Waals surface area contributed by atoms with Crippen LogP contribution in [0.2, 0.25) is 0 Å². The lowest BCUT2D eigenvalue weighted by Gasteiger charge is -2.20. The second kappa shape index (κ2) is 6.36. The summed E-state index contributed by atoms with van der Waals surface area (Å²) in [5, 5.41) is 3.17. The molecule has 3 rings (SSSR count). The number of amides is 1. The van der Waals surface area contributed by atoms with Crippen molar-refractivity contribution in [1.82, 2.24) is 5.32 Å². The van der Waals surface area contributed by atoms with Crippen LogP contribution < -0.4 is 10.2 Å². The van der Waals surface area contributed by atoms with Gasteiger partial charge >= 0.3 is 0 Å². The summed E-state index contributed by atoms with van der Waals surface area (Å²) in [4.78, 5) is 14.5. The Hall–Kier alpha value is -1.07. The number of carbonyl (C=O) groups is 1. The molecule has 1 aliphatic carbocycles. The van der Waals surface area contributed by atoms with Gasteiger partial charge in [-0.05, 0) is 47.8 Å². The van der Waals surface area contributed by atoms with E-state index in [0.717, 1.165) is 30.4 Å². The van der Waals surface area contributed by atoms with Gasteiger partial charge in [0.05, 0.1) is 17.7 Å². The minimum Gasteiger partial charge on any atom is -0.378 e. The number of hydrogen-bond donors (Lipinski definition) is 1. The molecule has 2 aliphatic rings. The number of para-hydroxylation sites is 1. The summed E-state index contributed by atoms with van der Waals surface area (Å²) in [6.45, 7) is 4.51. The number of hydrogen-bond acceptors (Lipinski definition) is 3. The van der Waals surface area contributed by atoms with E-state index >= 15 is 0 Å². The molecular formula is C16H21BrN2O2. The van der Waals surface area contributed by atoms with E-state index < -0.39 is 0 Å².